The van der Waals surface area contributed by atoms with E-state index in [2.05, 4.69) is 31.4 Å². The summed E-state index contributed by atoms with van der Waals surface area (Å²) in [5.41, 5.74) is 0. The van der Waals surface area contributed by atoms with Gasteiger partial charge < -0.3 is 5.32 Å². The van der Waals surface area contributed by atoms with Crippen LogP contribution in [-0.2, 0) is 11.3 Å². The first-order chi connectivity index (χ1) is 10.1. The van der Waals surface area contributed by atoms with E-state index < -0.39 is 0 Å². The highest BCUT2D eigenvalue weighted by molar-refractivity contribution is 9.10. The number of hydrogen-bond donors (Lipinski definition) is 1. The summed E-state index contributed by atoms with van der Waals surface area (Å²) < 4.78 is 4.39. The molecular formula is C13H17BrClN5O. The summed E-state index contributed by atoms with van der Waals surface area (Å²) in [6.07, 6.45) is 8.32. The molecule has 0 bridgehead atoms. The Kier molecular flexibility index (Phi) is 5.81. The van der Waals surface area contributed by atoms with E-state index in [1.165, 1.54) is 6.20 Å². The zero-order valence-electron chi connectivity index (χ0n) is 11.7. The number of hydrogen-bond acceptors (Lipinski definition) is 3. The Hall–Kier alpha value is -1.34. The van der Waals surface area contributed by atoms with Gasteiger partial charge in [-0.1, -0.05) is 18.5 Å². The summed E-state index contributed by atoms with van der Waals surface area (Å²) >= 11 is 9.18. The van der Waals surface area contributed by atoms with E-state index in [0.29, 0.717) is 18.0 Å². The molecule has 21 heavy (non-hydrogen) atoms. The quantitative estimate of drug-likeness (QED) is 0.758. The molecule has 0 aliphatic carbocycles. The second-order valence-corrected chi connectivity index (χ2v) is 5.98. The van der Waals surface area contributed by atoms with Crippen molar-refractivity contribution in [1.82, 2.24) is 24.9 Å². The topological polar surface area (TPSA) is 64.7 Å². The van der Waals surface area contributed by atoms with Crippen molar-refractivity contribution in [3.05, 3.63) is 34.3 Å². The number of halogens is 2. The third-order valence-corrected chi connectivity index (χ3v) is 3.65. The molecule has 0 aromatic carbocycles. The molecule has 0 spiro atoms. The number of aromatic nitrogens is 4. The van der Waals surface area contributed by atoms with Gasteiger partial charge in [-0.2, -0.15) is 10.2 Å². The Bertz CT molecular complexity index is 597. The number of nitrogens with zero attached hydrogens (tertiary/aromatic N) is 4. The van der Waals surface area contributed by atoms with Crippen LogP contribution in [0.5, 0.6) is 0 Å². The van der Waals surface area contributed by atoms with E-state index in [0.717, 1.165) is 17.4 Å². The summed E-state index contributed by atoms with van der Waals surface area (Å²) in [7, 11) is 0. The van der Waals surface area contributed by atoms with Crippen molar-refractivity contribution in [2.75, 3.05) is 6.54 Å². The maximum Gasteiger partial charge on any atom is 0.244 e. The fourth-order valence-corrected chi connectivity index (χ4v) is 2.48. The van der Waals surface area contributed by atoms with Gasteiger partial charge in [-0.3, -0.25) is 14.2 Å². The molecule has 2 heterocycles. The Morgan fingerprint density at radius 3 is 2.81 bits per heavy atom. The number of amides is 1. The van der Waals surface area contributed by atoms with Gasteiger partial charge in [-0.15, -0.1) is 0 Å². The highest BCUT2D eigenvalue weighted by Gasteiger charge is 2.18. The first-order valence-corrected chi connectivity index (χ1v) is 7.92. The molecule has 1 unspecified atom stereocenters. The predicted octanol–water partition coefficient (Wildman–Crippen LogP) is 2.65. The van der Waals surface area contributed by atoms with Crippen molar-refractivity contribution >= 4 is 33.4 Å². The van der Waals surface area contributed by atoms with Gasteiger partial charge in [0.15, 0.2) is 0 Å². The number of carbonyl (C=O) groups excluding carboxylic acids is 1. The molecule has 2 rings (SSSR count). The third kappa shape index (κ3) is 4.57. The summed E-state index contributed by atoms with van der Waals surface area (Å²) in [5.74, 6) is -0.0427. The van der Waals surface area contributed by atoms with Gasteiger partial charge in [0, 0.05) is 25.5 Å². The lowest BCUT2D eigenvalue weighted by Gasteiger charge is -2.15. The third-order valence-electron chi connectivity index (χ3n) is 3.04. The van der Waals surface area contributed by atoms with Gasteiger partial charge in [0.1, 0.15) is 6.04 Å². The molecule has 8 heteroatoms. The van der Waals surface area contributed by atoms with Gasteiger partial charge in [0.2, 0.25) is 5.91 Å². The lowest BCUT2D eigenvalue weighted by atomic mass is 10.2. The molecule has 114 valence electrons. The molecule has 0 radical (unpaired) electrons. The highest BCUT2D eigenvalue weighted by Crippen LogP contribution is 2.14. The normalized spacial score (nSPS) is 12.3. The molecule has 0 aliphatic rings. The molecule has 1 N–H and O–H groups in total. The molecular weight excluding hydrogens is 358 g/mol. The van der Waals surface area contributed by atoms with E-state index in [4.69, 9.17) is 11.6 Å². The van der Waals surface area contributed by atoms with Crippen molar-refractivity contribution in [3.8, 4) is 0 Å². The Morgan fingerprint density at radius 1 is 1.43 bits per heavy atom. The van der Waals surface area contributed by atoms with Crippen LogP contribution in [0.4, 0.5) is 0 Å². The van der Waals surface area contributed by atoms with E-state index in [9.17, 15) is 4.79 Å². The molecule has 2 aromatic heterocycles. The van der Waals surface area contributed by atoms with Crippen molar-refractivity contribution < 1.29 is 4.79 Å². The van der Waals surface area contributed by atoms with Crippen molar-refractivity contribution in [3.63, 3.8) is 0 Å². The minimum absolute atomic E-state index is 0.0427. The fraction of sp³-hybridized carbons (Fsp3) is 0.462. The van der Waals surface area contributed by atoms with Gasteiger partial charge in [-0.05, 0) is 28.8 Å². The Labute approximate surface area is 136 Å². The molecule has 2 aromatic rings. The Balaban J connectivity index is 1.77. The van der Waals surface area contributed by atoms with Gasteiger partial charge in [0.25, 0.3) is 0 Å². The van der Waals surface area contributed by atoms with Crippen LogP contribution >= 0.6 is 27.5 Å². The number of nitrogens with one attached hydrogen (secondary N) is 1. The molecule has 1 atom stereocenters. The van der Waals surface area contributed by atoms with Gasteiger partial charge in [0.05, 0.1) is 21.9 Å². The molecule has 6 nitrogen and oxygen atoms in total. The van der Waals surface area contributed by atoms with Crippen LogP contribution in [-0.4, -0.2) is 32.0 Å². The minimum Gasteiger partial charge on any atom is -0.354 e. The summed E-state index contributed by atoms with van der Waals surface area (Å²) in [6, 6.07) is -0.323. The van der Waals surface area contributed by atoms with E-state index in [1.807, 2.05) is 17.8 Å². The lowest BCUT2D eigenvalue weighted by Crippen LogP contribution is -2.33. The number of rotatable bonds is 7. The second-order valence-electron chi connectivity index (χ2n) is 4.63. The molecule has 0 aliphatic heterocycles. The highest BCUT2D eigenvalue weighted by atomic mass is 79.9. The van der Waals surface area contributed by atoms with Crippen LogP contribution < -0.4 is 5.32 Å². The van der Waals surface area contributed by atoms with E-state index in [-0.39, 0.29) is 11.9 Å². The number of aryl methyl sites for hydroxylation is 1. The van der Waals surface area contributed by atoms with Crippen molar-refractivity contribution in [2.45, 2.75) is 32.4 Å². The van der Waals surface area contributed by atoms with Crippen LogP contribution in [0.2, 0.25) is 5.02 Å². The van der Waals surface area contributed by atoms with Crippen LogP contribution in [0.25, 0.3) is 0 Å². The molecule has 0 fully saturated rings. The van der Waals surface area contributed by atoms with Crippen LogP contribution in [0.15, 0.2) is 29.3 Å². The first-order valence-electron chi connectivity index (χ1n) is 6.75. The first kappa shape index (κ1) is 16.0. The summed E-state index contributed by atoms with van der Waals surface area (Å²) in [5, 5.41) is 11.7. The average molecular weight is 375 g/mol. The zero-order chi connectivity index (χ0) is 15.2. The SMILES string of the molecule is CCC(C(=O)NCCCn1cc(Br)cn1)n1cc(Cl)cn1. The Morgan fingerprint density at radius 2 is 2.24 bits per heavy atom. The molecule has 1 amide bonds. The van der Waals surface area contributed by atoms with Crippen LogP contribution in [0.3, 0.4) is 0 Å². The minimum atomic E-state index is -0.323. The zero-order valence-corrected chi connectivity index (χ0v) is 14.0. The smallest absolute Gasteiger partial charge is 0.244 e. The monoisotopic (exact) mass is 373 g/mol. The molecule has 0 saturated carbocycles. The van der Waals surface area contributed by atoms with Gasteiger partial charge in [-0.25, -0.2) is 0 Å². The predicted molar refractivity (Wildman–Crippen MR) is 84.1 cm³/mol. The van der Waals surface area contributed by atoms with Crippen molar-refractivity contribution in [1.29, 1.82) is 0 Å². The average Bonchev–Trinajstić information content (AvgIpc) is 3.05. The van der Waals surface area contributed by atoms with Crippen LogP contribution in [0.1, 0.15) is 25.8 Å². The fourth-order valence-electron chi connectivity index (χ4n) is 2.01. The van der Waals surface area contributed by atoms with E-state index >= 15 is 0 Å². The second kappa shape index (κ2) is 7.61. The van der Waals surface area contributed by atoms with Crippen LogP contribution in [0, 0.1) is 0 Å². The van der Waals surface area contributed by atoms with Crippen molar-refractivity contribution in [2.24, 2.45) is 0 Å². The maximum atomic E-state index is 12.2. The van der Waals surface area contributed by atoms with Gasteiger partial charge >= 0.3 is 0 Å². The van der Waals surface area contributed by atoms with E-state index in [1.54, 1.807) is 17.1 Å². The largest absolute Gasteiger partial charge is 0.354 e. The number of carbonyl (C=O) groups is 1. The molecule has 0 saturated heterocycles. The maximum absolute atomic E-state index is 12.2. The lowest BCUT2D eigenvalue weighted by molar-refractivity contribution is -0.124. The standard InChI is InChI=1S/C13H17BrClN5O/c1-2-12(20-9-11(15)7-18-20)13(21)16-4-3-5-19-8-10(14)6-17-19/h6-9,12H,2-5H2,1H3,(H,16,21). The summed E-state index contributed by atoms with van der Waals surface area (Å²) in [4.78, 5) is 12.2. The summed E-state index contributed by atoms with van der Waals surface area (Å²) in [6.45, 7) is 3.30.